The minimum Gasteiger partial charge on any atom is -0.475 e. The number of carboxylic acids is 1. The highest BCUT2D eigenvalue weighted by molar-refractivity contribution is 7.63. The number of hydrogen-bond acceptors (Lipinski definition) is 3. The molecule has 1 aliphatic carbocycles. The molecule has 1 aliphatic heterocycles. The third-order valence-electron chi connectivity index (χ3n) is 4.73. The van der Waals surface area contributed by atoms with Crippen LogP contribution in [0.5, 0.6) is 0 Å². The van der Waals surface area contributed by atoms with Crippen LogP contribution in [0.15, 0.2) is 24.3 Å². The summed E-state index contributed by atoms with van der Waals surface area (Å²) >= 11 is -0.0621. The molecule has 12 heteroatoms. The number of rotatable bonds is 4. The zero-order chi connectivity index (χ0) is 21.2. The van der Waals surface area contributed by atoms with Gasteiger partial charge >= 0.3 is 18.3 Å². The Morgan fingerprint density at radius 2 is 1.64 bits per heavy atom. The van der Waals surface area contributed by atoms with E-state index in [2.05, 4.69) is 5.32 Å². The van der Waals surface area contributed by atoms with Crippen molar-refractivity contribution < 1.29 is 40.5 Å². The van der Waals surface area contributed by atoms with Gasteiger partial charge in [-0.3, -0.25) is 0 Å². The van der Waals surface area contributed by atoms with Gasteiger partial charge in [0.1, 0.15) is 0 Å². The number of thiol groups is 1. The number of hydrogen-bond donors (Lipinski definition) is 3. The normalized spacial score (nSPS) is 18.8. The predicted molar refractivity (Wildman–Crippen MR) is 88.5 cm³/mol. The second-order valence-corrected chi connectivity index (χ2v) is 7.52. The van der Waals surface area contributed by atoms with Crippen LogP contribution < -0.4 is 5.32 Å². The maximum atomic E-state index is 12.5. The molecule has 1 aromatic carbocycles. The van der Waals surface area contributed by atoms with Gasteiger partial charge in [0, 0.05) is 25.7 Å². The van der Waals surface area contributed by atoms with Crippen LogP contribution in [0.1, 0.15) is 24.0 Å². The van der Waals surface area contributed by atoms with Crippen LogP contribution in [0.3, 0.4) is 0 Å². The smallest absolute Gasteiger partial charge is 0.475 e. The van der Waals surface area contributed by atoms with E-state index in [9.17, 15) is 30.6 Å². The second-order valence-electron chi connectivity index (χ2n) is 6.84. The lowest BCUT2D eigenvalue weighted by Gasteiger charge is -2.56. The van der Waals surface area contributed by atoms with Crippen LogP contribution >= 0.6 is 0 Å². The monoisotopic (exact) mass is 432 g/mol. The number of carboxylic acid groups (broad SMARTS) is 1. The molecule has 0 amide bonds. The van der Waals surface area contributed by atoms with Crippen molar-refractivity contribution in [1.29, 1.82) is 0 Å². The SMILES string of the molecule is O=C(O)C(F)(F)F.O=[SH]N(Cc1ccc(C(F)(F)F)cc1)C1CC2(CNC2)C1. The van der Waals surface area contributed by atoms with Gasteiger partial charge in [-0.2, -0.15) is 26.3 Å². The van der Waals surface area contributed by atoms with Gasteiger partial charge in [0.05, 0.1) is 17.4 Å². The summed E-state index contributed by atoms with van der Waals surface area (Å²) in [5.41, 5.74) is 0.480. The first-order valence-electron chi connectivity index (χ1n) is 8.13. The number of halogens is 6. The molecule has 0 unspecified atom stereocenters. The highest BCUT2D eigenvalue weighted by Crippen LogP contribution is 2.46. The Balaban J connectivity index is 0.000000345. The molecule has 3 rings (SSSR count). The highest BCUT2D eigenvalue weighted by atomic mass is 32.2. The Morgan fingerprint density at radius 3 is 1.96 bits per heavy atom. The molecule has 2 N–H and O–H groups in total. The van der Waals surface area contributed by atoms with Crippen LogP contribution in [-0.2, 0) is 29.4 Å². The predicted octanol–water partition coefficient (Wildman–Crippen LogP) is 2.75. The van der Waals surface area contributed by atoms with E-state index in [1.54, 1.807) is 4.31 Å². The molecule has 2 aliphatic rings. The Hall–Kier alpha value is -1.66. The maximum Gasteiger partial charge on any atom is 0.490 e. The zero-order valence-corrected chi connectivity index (χ0v) is 15.2. The molecule has 0 atom stereocenters. The van der Waals surface area contributed by atoms with E-state index in [4.69, 9.17) is 9.90 Å². The molecule has 1 spiro atoms. The summed E-state index contributed by atoms with van der Waals surface area (Å²) in [5.74, 6) is -2.76. The summed E-state index contributed by atoms with van der Waals surface area (Å²) in [6.45, 7) is 2.46. The Bertz CT molecular complexity index is 696. The summed E-state index contributed by atoms with van der Waals surface area (Å²) in [6, 6.07) is 5.33. The fraction of sp³-hybridized carbons (Fsp3) is 0.562. The summed E-state index contributed by atoms with van der Waals surface area (Å²) in [6.07, 6.45) is -7.38. The minimum absolute atomic E-state index is 0.0621. The summed E-state index contributed by atoms with van der Waals surface area (Å²) < 4.78 is 82.4. The summed E-state index contributed by atoms with van der Waals surface area (Å²) in [7, 11) is 0. The Kier molecular flexibility index (Phi) is 6.77. The van der Waals surface area contributed by atoms with E-state index in [0.717, 1.165) is 43.6 Å². The van der Waals surface area contributed by atoms with E-state index in [1.807, 2.05) is 0 Å². The topological polar surface area (TPSA) is 69.6 Å². The van der Waals surface area contributed by atoms with Gasteiger partial charge in [-0.05, 0) is 36.0 Å². The van der Waals surface area contributed by atoms with Gasteiger partial charge in [0.2, 0.25) is 0 Å². The molecule has 0 radical (unpaired) electrons. The molecular formula is C16H18F6N2O3S. The van der Waals surface area contributed by atoms with E-state index in [-0.39, 0.29) is 17.9 Å². The molecule has 158 valence electrons. The van der Waals surface area contributed by atoms with E-state index in [1.165, 1.54) is 12.1 Å². The van der Waals surface area contributed by atoms with Gasteiger partial charge < -0.3 is 10.4 Å². The summed E-state index contributed by atoms with van der Waals surface area (Å²) in [5, 5.41) is 10.4. The van der Waals surface area contributed by atoms with Crippen LogP contribution in [0.4, 0.5) is 26.3 Å². The van der Waals surface area contributed by atoms with Crippen molar-refractivity contribution >= 4 is 17.8 Å². The average Bonchev–Trinajstić information content (AvgIpc) is 2.50. The lowest BCUT2D eigenvalue weighted by atomic mass is 9.61. The largest absolute Gasteiger partial charge is 0.490 e. The van der Waals surface area contributed by atoms with Crippen molar-refractivity contribution in [3.8, 4) is 0 Å². The van der Waals surface area contributed by atoms with E-state index in [0.29, 0.717) is 12.0 Å². The first-order valence-corrected chi connectivity index (χ1v) is 8.90. The Labute approximate surface area is 160 Å². The fourth-order valence-electron chi connectivity index (χ4n) is 3.13. The highest BCUT2D eigenvalue weighted by Gasteiger charge is 2.50. The van der Waals surface area contributed by atoms with Crippen molar-refractivity contribution in [2.75, 3.05) is 13.1 Å². The average molecular weight is 432 g/mol. The number of alkyl halides is 6. The zero-order valence-electron chi connectivity index (χ0n) is 14.3. The van der Waals surface area contributed by atoms with Gasteiger partial charge in [-0.15, -0.1) is 0 Å². The van der Waals surface area contributed by atoms with Gasteiger partial charge in [0.25, 0.3) is 0 Å². The number of benzene rings is 1. The van der Waals surface area contributed by atoms with Crippen LogP contribution in [-0.4, -0.2) is 44.9 Å². The minimum atomic E-state index is -5.08. The number of carbonyl (C=O) groups is 1. The van der Waals surface area contributed by atoms with Crippen molar-refractivity contribution in [1.82, 2.24) is 9.62 Å². The van der Waals surface area contributed by atoms with Crippen molar-refractivity contribution in [3.63, 3.8) is 0 Å². The standard InChI is InChI=1S/C14H17F3N2OS.C2HF3O2/c15-14(16,17)11-3-1-10(2-4-11)7-19(21-20)12-5-13(6-12)8-18-9-13;3-2(4,5)1(6)7/h1-4,12,18,21H,5-9H2;(H,6,7). The first kappa shape index (κ1) is 22.6. The Morgan fingerprint density at radius 1 is 1.14 bits per heavy atom. The van der Waals surface area contributed by atoms with E-state index < -0.39 is 23.9 Å². The number of aliphatic carboxylic acids is 1. The lowest BCUT2D eigenvalue weighted by molar-refractivity contribution is -0.192. The van der Waals surface area contributed by atoms with Crippen LogP contribution in [0.25, 0.3) is 0 Å². The first-order chi connectivity index (χ1) is 12.9. The molecule has 28 heavy (non-hydrogen) atoms. The molecule has 2 fully saturated rings. The molecule has 1 aromatic rings. The van der Waals surface area contributed by atoms with Gasteiger partial charge in [-0.25, -0.2) is 13.3 Å². The number of nitrogens with one attached hydrogen (secondary N) is 1. The third kappa shape index (κ3) is 5.67. The quantitative estimate of drug-likeness (QED) is 0.506. The van der Waals surface area contributed by atoms with Crippen molar-refractivity contribution in [2.24, 2.45) is 5.41 Å². The molecule has 0 aromatic heterocycles. The molecular weight excluding hydrogens is 414 g/mol. The van der Waals surface area contributed by atoms with Crippen molar-refractivity contribution in [2.45, 2.75) is 37.8 Å². The summed E-state index contributed by atoms with van der Waals surface area (Å²) in [4.78, 5) is 8.90. The molecule has 5 nitrogen and oxygen atoms in total. The third-order valence-corrected chi connectivity index (χ3v) is 5.41. The van der Waals surface area contributed by atoms with Crippen molar-refractivity contribution in [3.05, 3.63) is 35.4 Å². The van der Waals surface area contributed by atoms with Crippen LogP contribution in [0, 0.1) is 5.41 Å². The van der Waals surface area contributed by atoms with Gasteiger partial charge in [0.15, 0.2) is 0 Å². The lowest BCUT2D eigenvalue weighted by Crippen LogP contribution is -2.64. The van der Waals surface area contributed by atoms with E-state index >= 15 is 0 Å². The molecule has 1 saturated heterocycles. The maximum absolute atomic E-state index is 12.5. The molecule has 0 bridgehead atoms. The van der Waals surface area contributed by atoms with Gasteiger partial charge in [-0.1, -0.05) is 12.1 Å². The second kappa shape index (κ2) is 8.37. The van der Waals surface area contributed by atoms with Crippen LogP contribution in [0.2, 0.25) is 0 Å². The molecule has 1 heterocycles. The number of nitrogens with zero attached hydrogens (tertiary/aromatic N) is 1. The fourth-order valence-corrected chi connectivity index (χ4v) is 3.65. The molecule has 1 saturated carbocycles.